The molecule has 0 aromatic heterocycles. The number of hydrogen-bond acceptors (Lipinski definition) is 8. The number of carbonyl (C=O) groups is 2. The van der Waals surface area contributed by atoms with Crippen LogP contribution in [0.2, 0.25) is 0 Å². The van der Waals surface area contributed by atoms with E-state index in [4.69, 9.17) is 18.9 Å². The number of rotatable bonds is 14. The molecule has 0 fully saturated rings. The van der Waals surface area contributed by atoms with E-state index in [-0.39, 0.29) is 36.2 Å². The third-order valence-electron chi connectivity index (χ3n) is 8.00. The highest BCUT2D eigenvalue weighted by Gasteiger charge is 2.32. The molecule has 0 aliphatic carbocycles. The van der Waals surface area contributed by atoms with Crippen LogP contribution in [-0.2, 0) is 32.7 Å². The van der Waals surface area contributed by atoms with Gasteiger partial charge in [0.1, 0.15) is 23.4 Å². The highest BCUT2D eigenvalue weighted by atomic mass is 32.2. The Balaban J connectivity index is 1.21. The van der Waals surface area contributed by atoms with Crippen LogP contribution in [0.4, 0.5) is 10.1 Å². The fourth-order valence-electron chi connectivity index (χ4n) is 5.37. The van der Waals surface area contributed by atoms with Gasteiger partial charge in [-0.1, -0.05) is 48.5 Å². The predicted molar refractivity (Wildman–Crippen MR) is 186 cm³/mol. The molecule has 6 rings (SSSR count). The average Bonchev–Trinajstić information content (AvgIpc) is 3.63. The zero-order chi connectivity index (χ0) is 35.8. The largest absolute Gasteiger partial charge is 0.497 e. The second-order valence-corrected chi connectivity index (χ2v) is 13.1. The Morgan fingerprint density at radius 2 is 1.49 bits per heavy atom. The topological polar surface area (TPSA) is 132 Å². The molecule has 1 atom stereocenters. The molecule has 1 aliphatic rings. The Bertz CT molecular complexity index is 2080. The van der Waals surface area contributed by atoms with Crippen LogP contribution in [0, 0.1) is 5.82 Å². The zero-order valence-electron chi connectivity index (χ0n) is 27.5. The molecule has 0 spiro atoms. The maximum Gasteiger partial charge on any atom is 0.261 e. The van der Waals surface area contributed by atoms with Gasteiger partial charge in [-0.25, -0.2) is 12.8 Å². The molecule has 0 saturated carbocycles. The van der Waals surface area contributed by atoms with Crippen LogP contribution >= 0.6 is 0 Å². The summed E-state index contributed by atoms with van der Waals surface area (Å²) in [6.45, 7) is -0.0842. The molecule has 2 amide bonds. The minimum atomic E-state index is -3.98. The number of carbonyl (C=O) groups excluding carboxylic acids is 2. The van der Waals surface area contributed by atoms with Crippen molar-refractivity contribution in [2.45, 2.75) is 24.0 Å². The van der Waals surface area contributed by atoms with Gasteiger partial charge < -0.3 is 29.2 Å². The third kappa shape index (κ3) is 8.75. The number of nitrogens with zero attached hydrogens (tertiary/aromatic N) is 1. The van der Waals surface area contributed by atoms with Gasteiger partial charge in [0, 0.05) is 18.8 Å². The minimum Gasteiger partial charge on any atom is -0.497 e. The van der Waals surface area contributed by atoms with Gasteiger partial charge in [0.2, 0.25) is 12.7 Å². The van der Waals surface area contributed by atoms with Gasteiger partial charge in [-0.3, -0.25) is 14.3 Å². The predicted octanol–water partition coefficient (Wildman–Crippen LogP) is 5.83. The standard InChI is InChI=1S/C38H34FN3O8S/c1-47-31-14-7-26(8-15-31)23-42(36(43)24-48-32-16-18-33(19-17-32)51(45,46)41-30-12-10-29(39)11-13-30)37(28-5-3-2-4-6-28)38(44)40-22-27-9-20-34-35(21-27)50-25-49-34/h2-21,37,41H,22-25H2,1H3,(H,40,44)/t37-/m1/s1. The van der Waals surface area contributed by atoms with Gasteiger partial charge in [0.15, 0.2) is 18.1 Å². The van der Waals surface area contributed by atoms with Crippen molar-refractivity contribution >= 4 is 27.5 Å². The van der Waals surface area contributed by atoms with E-state index in [1.54, 1.807) is 55.6 Å². The smallest absolute Gasteiger partial charge is 0.261 e. The summed E-state index contributed by atoms with van der Waals surface area (Å²) < 4.78 is 63.4. The number of anilines is 1. The molecule has 13 heteroatoms. The Kier molecular flexibility index (Phi) is 10.7. The summed E-state index contributed by atoms with van der Waals surface area (Å²) in [6, 6.07) is 30.9. The molecular weight excluding hydrogens is 677 g/mol. The number of halogens is 1. The maximum absolute atomic E-state index is 14.1. The number of sulfonamides is 1. The molecule has 5 aromatic rings. The summed E-state index contributed by atoms with van der Waals surface area (Å²) in [7, 11) is -2.42. The monoisotopic (exact) mass is 711 g/mol. The number of amides is 2. The average molecular weight is 712 g/mol. The van der Waals surface area contributed by atoms with E-state index in [0.29, 0.717) is 22.8 Å². The normalized spacial score (nSPS) is 12.4. The molecule has 0 unspecified atom stereocenters. The molecule has 1 aliphatic heterocycles. The molecule has 51 heavy (non-hydrogen) atoms. The van der Waals surface area contributed by atoms with Crippen LogP contribution in [0.1, 0.15) is 22.7 Å². The first-order chi connectivity index (χ1) is 24.7. The van der Waals surface area contributed by atoms with Gasteiger partial charge in [-0.2, -0.15) is 0 Å². The van der Waals surface area contributed by atoms with E-state index in [0.717, 1.165) is 23.3 Å². The first kappa shape index (κ1) is 34.8. The van der Waals surface area contributed by atoms with Gasteiger partial charge in [0.25, 0.3) is 15.9 Å². The first-order valence-electron chi connectivity index (χ1n) is 15.8. The zero-order valence-corrected chi connectivity index (χ0v) is 28.3. The lowest BCUT2D eigenvalue weighted by molar-refractivity contribution is -0.143. The van der Waals surface area contributed by atoms with Gasteiger partial charge >= 0.3 is 0 Å². The fourth-order valence-corrected chi connectivity index (χ4v) is 6.43. The molecule has 0 saturated heterocycles. The molecule has 11 nitrogen and oxygen atoms in total. The molecule has 0 radical (unpaired) electrons. The lowest BCUT2D eigenvalue weighted by atomic mass is 10.0. The molecule has 0 bridgehead atoms. The molecule has 2 N–H and O–H groups in total. The van der Waals surface area contributed by atoms with E-state index in [9.17, 15) is 22.4 Å². The Morgan fingerprint density at radius 1 is 0.824 bits per heavy atom. The number of ether oxygens (including phenoxy) is 4. The quantitative estimate of drug-likeness (QED) is 0.147. The number of methoxy groups -OCH3 is 1. The second-order valence-electron chi connectivity index (χ2n) is 11.5. The minimum absolute atomic E-state index is 0.0603. The van der Waals surface area contributed by atoms with Crippen molar-refractivity contribution in [2.24, 2.45) is 0 Å². The Morgan fingerprint density at radius 3 is 2.20 bits per heavy atom. The SMILES string of the molecule is COc1ccc(CN(C(=O)COc2ccc(S(=O)(=O)Nc3ccc(F)cc3)cc2)[C@@H](C(=O)NCc2ccc3c(c2)OCO3)c2ccccc2)cc1. The van der Waals surface area contributed by atoms with Crippen molar-refractivity contribution in [3.63, 3.8) is 0 Å². The van der Waals surface area contributed by atoms with Crippen molar-refractivity contribution in [3.05, 3.63) is 144 Å². The Hall–Kier alpha value is -6.08. The number of fused-ring (bicyclic) bond motifs is 1. The summed E-state index contributed by atoms with van der Waals surface area (Å²) in [6.07, 6.45) is 0. The molecule has 1 heterocycles. The van der Waals surface area contributed by atoms with Crippen molar-refractivity contribution in [1.29, 1.82) is 0 Å². The van der Waals surface area contributed by atoms with Crippen molar-refractivity contribution in [3.8, 4) is 23.0 Å². The highest BCUT2D eigenvalue weighted by molar-refractivity contribution is 7.92. The van der Waals surface area contributed by atoms with E-state index in [1.165, 1.54) is 41.3 Å². The summed E-state index contributed by atoms with van der Waals surface area (Å²) in [5.41, 5.74) is 2.32. The fraction of sp³-hybridized carbons (Fsp3) is 0.158. The Labute approximate surface area is 294 Å². The molecule has 5 aromatic carbocycles. The number of hydrogen-bond donors (Lipinski definition) is 2. The lowest BCUT2D eigenvalue weighted by Gasteiger charge is -2.31. The molecular formula is C38H34FN3O8S. The number of benzene rings is 5. The molecule has 262 valence electrons. The van der Waals surface area contributed by atoms with E-state index >= 15 is 0 Å². The van der Waals surface area contributed by atoms with Gasteiger partial charge in [0.05, 0.1) is 12.0 Å². The summed E-state index contributed by atoms with van der Waals surface area (Å²) in [4.78, 5) is 29.5. The van der Waals surface area contributed by atoms with Gasteiger partial charge in [-0.05, 0) is 89.5 Å². The first-order valence-corrected chi connectivity index (χ1v) is 17.3. The van der Waals surface area contributed by atoms with E-state index in [1.807, 2.05) is 24.3 Å². The van der Waals surface area contributed by atoms with E-state index in [2.05, 4.69) is 10.0 Å². The summed E-state index contributed by atoms with van der Waals surface area (Å²) in [5.74, 6) is 0.687. The number of nitrogens with one attached hydrogen (secondary N) is 2. The van der Waals surface area contributed by atoms with Crippen LogP contribution in [0.15, 0.2) is 126 Å². The van der Waals surface area contributed by atoms with Crippen LogP contribution in [0.5, 0.6) is 23.0 Å². The lowest BCUT2D eigenvalue weighted by Crippen LogP contribution is -2.45. The van der Waals surface area contributed by atoms with Gasteiger partial charge in [-0.15, -0.1) is 0 Å². The van der Waals surface area contributed by atoms with Crippen LogP contribution in [0.25, 0.3) is 0 Å². The maximum atomic E-state index is 14.1. The van der Waals surface area contributed by atoms with Crippen molar-refractivity contribution in [2.75, 3.05) is 25.2 Å². The van der Waals surface area contributed by atoms with Crippen LogP contribution < -0.4 is 29.0 Å². The second kappa shape index (κ2) is 15.6. The van der Waals surface area contributed by atoms with Crippen molar-refractivity contribution in [1.82, 2.24) is 10.2 Å². The third-order valence-corrected chi connectivity index (χ3v) is 9.40. The highest BCUT2D eigenvalue weighted by Crippen LogP contribution is 2.33. The summed E-state index contributed by atoms with van der Waals surface area (Å²) >= 11 is 0. The van der Waals surface area contributed by atoms with Crippen LogP contribution in [0.3, 0.4) is 0 Å². The van der Waals surface area contributed by atoms with Crippen molar-refractivity contribution < 1.29 is 41.3 Å². The summed E-state index contributed by atoms with van der Waals surface area (Å²) in [5, 5.41) is 2.97. The van der Waals surface area contributed by atoms with Crippen LogP contribution in [-0.4, -0.2) is 45.6 Å². The van der Waals surface area contributed by atoms with E-state index < -0.39 is 40.3 Å².